The molecule has 1 fully saturated rings. The summed E-state index contributed by atoms with van der Waals surface area (Å²) in [6, 6.07) is 11.3. The van der Waals surface area contributed by atoms with Crippen molar-refractivity contribution in [1.29, 1.82) is 0 Å². The first-order chi connectivity index (χ1) is 13.0. The topological polar surface area (TPSA) is 62.3 Å². The van der Waals surface area contributed by atoms with Gasteiger partial charge in [0.2, 0.25) is 11.8 Å². The zero-order valence-corrected chi connectivity index (χ0v) is 16.6. The van der Waals surface area contributed by atoms with Gasteiger partial charge in [-0.1, -0.05) is 23.8 Å². The van der Waals surface area contributed by atoms with E-state index in [0.29, 0.717) is 18.1 Å². The number of aryl methyl sites for hydroxylation is 3. The zero-order valence-electron chi connectivity index (χ0n) is 15.8. The summed E-state index contributed by atoms with van der Waals surface area (Å²) < 4.78 is 0. The lowest BCUT2D eigenvalue weighted by atomic mass is 10.1. The number of nitrogens with zero attached hydrogens (tertiary/aromatic N) is 2. The highest BCUT2D eigenvalue weighted by Crippen LogP contribution is 2.24. The van der Waals surface area contributed by atoms with Crippen molar-refractivity contribution >= 4 is 29.3 Å². The fourth-order valence-electron chi connectivity index (χ4n) is 3.19. The van der Waals surface area contributed by atoms with E-state index < -0.39 is 6.04 Å². The molecule has 0 aliphatic carbocycles. The second-order valence-corrected chi connectivity index (χ2v) is 7.86. The fourth-order valence-corrected chi connectivity index (χ4v) is 4.37. The Kier molecular flexibility index (Phi) is 6.50. The number of amides is 2. The predicted molar refractivity (Wildman–Crippen MR) is 110 cm³/mol. The van der Waals surface area contributed by atoms with Gasteiger partial charge >= 0.3 is 0 Å². The number of anilines is 1. The van der Waals surface area contributed by atoms with Gasteiger partial charge in [0.15, 0.2) is 0 Å². The van der Waals surface area contributed by atoms with Crippen LogP contribution in [-0.2, 0) is 16.0 Å². The lowest BCUT2D eigenvalue weighted by molar-refractivity contribution is -0.136. The Hall–Kier alpha value is -2.34. The van der Waals surface area contributed by atoms with Crippen molar-refractivity contribution in [2.24, 2.45) is 0 Å². The molecule has 0 saturated carbocycles. The van der Waals surface area contributed by atoms with E-state index in [1.165, 1.54) is 0 Å². The minimum absolute atomic E-state index is 0.0386. The summed E-state index contributed by atoms with van der Waals surface area (Å²) in [5.41, 5.74) is 3.99. The zero-order chi connectivity index (χ0) is 19.2. The van der Waals surface area contributed by atoms with E-state index in [1.54, 1.807) is 22.9 Å². The highest BCUT2D eigenvalue weighted by Gasteiger charge is 2.34. The number of benzene rings is 1. The first kappa shape index (κ1) is 19.4. The average molecular weight is 384 g/mol. The third kappa shape index (κ3) is 5.10. The normalized spacial score (nSPS) is 16.4. The summed E-state index contributed by atoms with van der Waals surface area (Å²) in [5.74, 6) is 1.15. The van der Waals surface area contributed by atoms with E-state index in [9.17, 15) is 9.59 Å². The van der Waals surface area contributed by atoms with Gasteiger partial charge in [-0.15, -0.1) is 11.8 Å². The van der Waals surface area contributed by atoms with Gasteiger partial charge in [0.05, 0.1) is 5.88 Å². The average Bonchev–Trinajstić information content (AvgIpc) is 3.15. The molecule has 5 nitrogen and oxygen atoms in total. The molecule has 1 aliphatic rings. The molecule has 1 aromatic heterocycles. The van der Waals surface area contributed by atoms with E-state index in [1.807, 2.05) is 50.2 Å². The summed E-state index contributed by atoms with van der Waals surface area (Å²) >= 11 is 1.63. The molecule has 0 bridgehead atoms. The molecule has 1 saturated heterocycles. The molecule has 1 unspecified atom stereocenters. The van der Waals surface area contributed by atoms with E-state index >= 15 is 0 Å². The molecule has 142 valence electrons. The quantitative estimate of drug-likeness (QED) is 0.828. The molecular weight excluding hydrogens is 358 g/mol. The summed E-state index contributed by atoms with van der Waals surface area (Å²) in [6.07, 6.45) is 3.71. The summed E-state index contributed by atoms with van der Waals surface area (Å²) in [4.78, 5) is 31.4. The van der Waals surface area contributed by atoms with Gasteiger partial charge in [-0.3, -0.25) is 14.6 Å². The number of carbonyl (C=O) groups is 2. The standard InChI is InChI=1S/C21H25N3O2S/c1-15-9-10-18(16(2)12-15)23-21(26)19-13-27-14-24(19)20(25)8-5-7-17-6-3-4-11-22-17/h3-4,6,9-12,19H,5,7-8,13-14H2,1-2H3,(H,23,26). The van der Waals surface area contributed by atoms with Crippen LogP contribution < -0.4 is 5.32 Å². The van der Waals surface area contributed by atoms with E-state index in [2.05, 4.69) is 10.3 Å². The second kappa shape index (κ2) is 9.04. The van der Waals surface area contributed by atoms with Gasteiger partial charge in [-0.05, 0) is 50.5 Å². The summed E-state index contributed by atoms with van der Waals surface area (Å²) in [7, 11) is 0. The lowest BCUT2D eigenvalue weighted by Gasteiger charge is -2.23. The van der Waals surface area contributed by atoms with Crippen molar-refractivity contribution in [3.8, 4) is 0 Å². The third-order valence-corrected chi connectivity index (χ3v) is 5.71. The van der Waals surface area contributed by atoms with Crippen LogP contribution in [0.15, 0.2) is 42.6 Å². The van der Waals surface area contributed by atoms with Gasteiger partial charge < -0.3 is 10.2 Å². The summed E-state index contributed by atoms with van der Waals surface area (Å²) in [6.45, 7) is 4.00. The molecule has 6 heteroatoms. The monoisotopic (exact) mass is 383 g/mol. The molecule has 1 atom stereocenters. The minimum Gasteiger partial charge on any atom is -0.324 e. The molecule has 2 heterocycles. The largest absolute Gasteiger partial charge is 0.324 e. The maximum absolute atomic E-state index is 12.7. The molecule has 1 N–H and O–H groups in total. The van der Waals surface area contributed by atoms with Crippen molar-refractivity contribution in [3.05, 3.63) is 59.4 Å². The highest BCUT2D eigenvalue weighted by atomic mass is 32.2. The van der Waals surface area contributed by atoms with Gasteiger partial charge in [0.25, 0.3) is 0 Å². The van der Waals surface area contributed by atoms with Crippen molar-refractivity contribution in [2.75, 3.05) is 16.9 Å². The lowest BCUT2D eigenvalue weighted by Crippen LogP contribution is -2.44. The Balaban J connectivity index is 1.55. The molecule has 27 heavy (non-hydrogen) atoms. The second-order valence-electron chi connectivity index (χ2n) is 6.86. The van der Waals surface area contributed by atoms with Crippen molar-refractivity contribution in [2.45, 2.75) is 39.2 Å². The number of rotatable bonds is 6. The molecule has 2 amide bonds. The van der Waals surface area contributed by atoms with Crippen molar-refractivity contribution < 1.29 is 9.59 Å². The molecule has 2 aromatic rings. The van der Waals surface area contributed by atoms with Gasteiger partial charge in [0.1, 0.15) is 6.04 Å². The molecule has 0 spiro atoms. The first-order valence-electron chi connectivity index (χ1n) is 9.20. The van der Waals surface area contributed by atoms with Gasteiger partial charge in [-0.2, -0.15) is 0 Å². The number of thioether (sulfide) groups is 1. The van der Waals surface area contributed by atoms with Crippen LogP contribution in [-0.4, -0.2) is 39.4 Å². The smallest absolute Gasteiger partial charge is 0.248 e. The van der Waals surface area contributed by atoms with Crippen LogP contribution in [0.5, 0.6) is 0 Å². The Labute approximate surface area is 164 Å². The molecule has 1 aromatic carbocycles. The van der Waals surface area contributed by atoms with Crippen LogP contribution in [0.25, 0.3) is 0 Å². The highest BCUT2D eigenvalue weighted by molar-refractivity contribution is 7.99. The maximum Gasteiger partial charge on any atom is 0.248 e. The van der Waals surface area contributed by atoms with E-state index in [4.69, 9.17) is 0 Å². The molecular formula is C21H25N3O2S. The van der Waals surface area contributed by atoms with Gasteiger partial charge in [-0.25, -0.2) is 0 Å². The van der Waals surface area contributed by atoms with Crippen molar-refractivity contribution in [3.63, 3.8) is 0 Å². The number of carbonyl (C=O) groups excluding carboxylic acids is 2. The van der Waals surface area contributed by atoms with E-state index in [0.717, 1.165) is 35.3 Å². The first-order valence-corrected chi connectivity index (χ1v) is 10.4. The Morgan fingerprint density at radius 3 is 2.85 bits per heavy atom. The number of hydrogen-bond acceptors (Lipinski definition) is 4. The number of nitrogens with one attached hydrogen (secondary N) is 1. The van der Waals surface area contributed by atoms with Crippen LogP contribution in [0.3, 0.4) is 0 Å². The van der Waals surface area contributed by atoms with Crippen LogP contribution in [0.4, 0.5) is 5.69 Å². The third-order valence-electron chi connectivity index (χ3n) is 4.69. The SMILES string of the molecule is Cc1ccc(NC(=O)C2CSCN2C(=O)CCCc2ccccn2)c(C)c1. The molecule has 3 rings (SSSR count). The number of hydrogen-bond donors (Lipinski definition) is 1. The minimum atomic E-state index is -0.405. The maximum atomic E-state index is 12.7. The van der Waals surface area contributed by atoms with Crippen LogP contribution in [0, 0.1) is 13.8 Å². The Morgan fingerprint density at radius 2 is 2.11 bits per heavy atom. The summed E-state index contributed by atoms with van der Waals surface area (Å²) in [5, 5.41) is 2.99. The van der Waals surface area contributed by atoms with E-state index in [-0.39, 0.29) is 11.8 Å². The predicted octanol–water partition coefficient (Wildman–Crippen LogP) is 3.56. The molecule has 1 aliphatic heterocycles. The van der Waals surface area contributed by atoms with Gasteiger partial charge in [0, 0.05) is 29.8 Å². The fraction of sp³-hybridized carbons (Fsp3) is 0.381. The van der Waals surface area contributed by atoms with Crippen LogP contribution in [0.1, 0.15) is 29.7 Å². The Bertz CT molecular complexity index is 810. The van der Waals surface area contributed by atoms with Crippen LogP contribution >= 0.6 is 11.8 Å². The van der Waals surface area contributed by atoms with Crippen molar-refractivity contribution in [1.82, 2.24) is 9.88 Å². The Morgan fingerprint density at radius 1 is 1.26 bits per heavy atom. The molecule has 0 radical (unpaired) electrons. The van der Waals surface area contributed by atoms with Crippen LogP contribution in [0.2, 0.25) is 0 Å². The number of pyridine rings is 1. The number of aromatic nitrogens is 1.